The molecule has 1 aromatic rings. The summed E-state index contributed by atoms with van der Waals surface area (Å²) in [5.41, 5.74) is -1.55. The van der Waals surface area contributed by atoms with Crippen LogP contribution in [-0.4, -0.2) is 257 Å². The molecule has 3 aliphatic carbocycles. The van der Waals surface area contributed by atoms with Crippen LogP contribution in [0, 0.1) is 17.8 Å². The summed E-state index contributed by atoms with van der Waals surface area (Å²) in [5.74, 6) is -7.54. The maximum Gasteiger partial charge on any atom is 0.248 e. The summed E-state index contributed by atoms with van der Waals surface area (Å²) in [6.45, 7) is 10.1. The van der Waals surface area contributed by atoms with Crippen LogP contribution in [0.5, 0.6) is 5.75 Å². The topological polar surface area (TPSA) is 279 Å². The van der Waals surface area contributed by atoms with Crippen molar-refractivity contribution in [3.63, 3.8) is 0 Å². The molecule has 8 atom stereocenters. The lowest BCUT2D eigenvalue weighted by Crippen LogP contribution is -2.65. The van der Waals surface area contributed by atoms with Gasteiger partial charge in [-0.25, -0.2) is 0 Å². The third-order valence-electron chi connectivity index (χ3n) is 22.0. The number of likely N-dealkylation sites (N-methyl/N-ethyl adjacent to an activating group) is 7. The molecule has 1 spiro atoms. The Kier molecular flexibility index (Phi) is 28.9. The lowest BCUT2D eigenvalue weighted by atomic mass is 9.81. The van der Waals surface area contributed by atoms with Crippen molar-refractivity contribution in [1.29, 1.82) is 0 Å². The minimum atomic E-state index is -1.51. The molecule has 0 radical (unpaired) electrons. The second-order valence-corrected chi connectivity index (χ2v) is 31.3. The number of nitrogens with one attached hydrogen (secondary N) is 3. The van der Waals surface area contributed by atoms with Crippen LogP contribution in [0.25, 0.3) is 0 Å². The highest BCUT2D eigenvalue weighted by atomic mass is 35.5. The van der Waals surface area contributed by atoms with Crippen molar-refractivity contribution in [2.75, 3.05) is 88.6 Å². The number of nitrogens with zero attached hydrogens (tertiary/aromatic N) is 9. The van der Waals surface area contributed by atoms with Gasteiger partial charge < -0.3 is 64.8 Å². The molecule has 1 unspecified atom stereocenters. The maximum absolute atomic E-state index is 15.7. The second-order valence-electron chi connectivity index (χ2n) is 30.5. The Hall–Kier alpha value is -6.76. The van der Waals surface area contributed by atoms with Crippen molar-refractivity contribution in [1.82, 2.24) is 60.0 Å². The summed E-state index contributed by atoms with van der Waals surface area (Å²) in [5, 5.41) is 9.30. The fourth-order valence-electron chi connectivity index (χ4n) is 15.4. The molecule has 3 saturated carbocycles. The van der Waals surface area contributed by atoms with Crippen LogP contribution in [0.4, 0.5) is 0 Å². The van der Waals surface area contributed by atoms with Crippen LogP contribution in [0.3, 0.4) is 0 Å². The van der Waals surface area contributed by atoms with E-state index in [1.807, 2.05) is 27.7 Å². The van der Waals surface area contributed by atoms with Crippen LogP contribution >= 0.6 is 23.2 Å². The molecule has 12 amide bonds. The maximum atomic E-state index is 15.7. The summed E-state index contributed by atoms with van der Waals surface area (Å²) >= 11 is 13.3. The predicted molar refractivity (Wildman–Crippen MR) is 380 cm³/mol. The van der Waals surface area contributed by atoms with Gasteiger partial charge in [0.25, 0.3) is 0 Å². The van der Waals surface area contributed by atoms with E-state index in [1.165, 1.54) is 78.6 Å². The zero-order chi connectivity index (χ0) is 73.7. The van der Waals surface area contributed by atoms with Gasteiger partial charge in [0.15, 0.2) is 0 Å². The molecule has 6 aliphatic rings. The monoisotopic (exact) mass is 1440 g/mol. The highest BCUT2D eigenvalue weighted by Crippen LogP contribution is 2.39. The van der Waals surface area contributed by atoms with Gasteiger partial charge in [-0.3, -0.25) is 57.5 Å². The molecule has 3 aliphatic heterocycles. The van der Waals surface area contributed by atoms with Crippen molar-refractivity contribution in [2.45, 2.75) is 249 Å². The fourth-order valence-corrected chi connectivity index (χ4v) is 15.8. The second kappa shape index (κ2) is 35.9. The molecule has 25 nitrogen and oxygen atoms in total. The molecule has 3 heterocycles. The molecule has 27 heteroatoms. The Morgan fingerprint density at radius 1 is 0.630 bits per heavy atom. The number of piperidine rings is 1. The number of amides is 12. The number of fused-ring (bicyclic) bond motifs is 1. The quantitative estimate of drug-likeness (QED) is 0.235. The van der Waals surface area contributed by atoms with Crippen molar-refractivity contribution >= 4 is 94.1 Å². The van der Waals surface area contributed by atoms with Crippen molar-refractivity contribution in [3.05, 3.63) is 27.7 Å². The Bertz CT molecular complexity index is 3120. The van der Waals surface area contributed by atoms with Crippen LogP contribution in [-0.2, 0) is 64.0 Å². The first-order valence-electron chi connectivity index (χ1n) is 36.7. The van der Waals surface area contributed by atoms with E-state index in [0.717, 1.165) is 67.6 Å². The summed E-state index contributed by atoms with van der Waals surface area (Å²) < 4.78 is 6.18. The molecule has 0 bridgehead atoms. The number of halogens is 2. The van der Waals surface area contributed by atoms with Crippen LogP contribution in [0.2, 0.25) is 10.0 Å². The van der Waals surface area contributed by atoms with Gasteiger partial charge in [-0.2, -0.15) is 0 Å². The smallest absolute Gasteiger partial charge is 0.248 e. The van der Waals surface area contributed by atoms with E-state index in [1.54, 1.807) is 31.0 Å². The van der Waals surface area contributed by atoms with Crippen molar-refractivity contribution in [2.24, 2.45) is 17.8 Å². The molecule has 7 rings (SSSR count). The van der Waals surface area contributed by atoms with E-state index >= 15 is 19.2 Å². The average Bonchev–Trinajstić information content (AvgIpc) is 1.20. The van der Waals surface area contributed by atoms with Gasteiger partial charge in [0.1, 0.15) is 64.2 Å². The minimum absolute atomic E-state index is 0.0144. The predicted octanol–water partition coefficient (Wildman–Crippen LogP) is 6.21. The largest absolute Gasteiger partial charge is 0.487 e. The van der Waals surface area contributed by atoms with E-state index in [9.17, 15) is 38.4 Å². The number of hydrogen-bond acceptors (Lipinski definition) is 13. The highest BCUT2D eigenvalue weighted by molar-refractivity contribution is 6.43. The van der Waals surface area contributed by atoms with Crippen LogP contribution in [0.1, 0.15) is 195 Å². The molecule has 1 aromatic carbocycles. The number of rotatable bonds is 10. The summed E-state index contributed by atoms with van der Waals surface area (Å²) in [6, 6.07) is -4.94. The molecule has 100 heavy (non-hydrogen) atoms. The fraction of sp³-hybridized carbons (Fsp3) is 0.753. The first-order chi connectivity index (χ1) is 47.2. The number of carbonyl (C=O) groups excluding carboxylic acids is 12. The van der Waals surface area contributed by atoms with Crippen molar-refractivity contribution < 1.29 is 62.3 Å². The van der Waals surface area contributed by atoms with Gasteiger partial charge >= 0.3 is 0 Å². The zero-order valence-electron chi connectivity index (χ0n) is 61.7. The number of carbonyl (C=O) groups is 12. The van der Waals surface area contributed by atoms with E-state index in [4.69, 9.17) is 27.9 Å². The molecule has 558 valence electrons. The number of likely N-dealkylation sites (tertiary alicyclic amines) is 1. The number of ether oxygens (including phenoxy) is 1. The Labute approximate surface area is 602 Å². The number of hydrogen-bond donors (Lipinski definition) is 3. The Morgan fingerprint density at radius 3 is 1.85 bits per heavy atom. The molecule has 3 saturated heterocycles. The van der Waals surface area contributed by atoms with Gasteiger partial charge in [-0.15, -0.1) is 0 Å². The average molecular weight is 1440 g/mol. The molecule has 0 aromatic heterocycles. The van der Waals surface area contributed by atoms with Gasteiger partial charge in [0.2, 0.25) is 70.9 Å². The summed E-state index contributed by atoms with van der Waals surface area (Å²) in [6.07, 6.45) is 13.0. The van der Waals surface area contributed by atoms with E-state index < -0.39 is 156 Å². The lowest BCUT2D eigenvalue weighted by molar-refractivity contribution is -0.157. The Balaban J connectivity index is 1.28. The number of benzene rings is 1. The van der Waals surface area contributed by atoms with Crippen LogP contribution < -0.4 is 20.7 Å². The zero-order valence-corrected chi connectivity index (χ0v) is 63.2. The van der Waals surface area contributed by atoms with Gasteiger partial charge in [0.05, 0.1) is 31.1 Å². The Morgan fingerprint density at radius 2 is 1.23 bits per heavy atom. The molecular weight excluding hydrogens is 1320 g/mol. The first kappa shape index (κ1) is 80.6. The third-order valence-corrected chi connectivity index (χ3v) is 22.8. The van der Waals surface area contributed by atoms with Crippen molar-refractivity contribution in [3.8, 4) is 5.75 Å². The highest BCUT2D eigenvalue weighted by Gasteiger charge is 2.51. The van der Waals surface area contributed by atoms with Gasteiger partial charge in [0, 0.05) is 69.0 Å². The third kappa shape index (κ3) is 20.3. The SMILES string of the molecule is CC[C@H](C)[C@@H]1NC(=O)[C@H](C)N(C)C(=O)C[C@@H](C(=O)N2CCCCC2)N(C)C(=O)[C@H](C2CCCCC2)N(C)C(=O)C2(CCCC2)NC(=O)C2CCCN2C(=O)[C@H](CCc2cc(Cl)c(Cl)c(OC(C)(C)C)c2)NC(=O)CN(C)C(=O)[C@H](CC2CCCCC2)N(C)C(=O)CN(C)C(=O)CN(C)C1=O. The number of aryl methyl sites for hydroxylation is 1. The van der Waals surface area contributed by atoms with E-state index in [2.05, 4.69) is 16.0 Å². The van der Waals surface area contributed by atoms with Gasteiger partial charge in [-0.05, 0) is 140 Å². The summed E-state index contributed by atoms with van der Waals surface area (Å²) in [4.78, 5) is 191. The summed E-state index contributed by atoms with van der Waals surface area (Å²) in [7, 11) is 10.2. The van der Waals surface area contributed by atoms with E-state index in [-0.39, 0.29) is 67.0 Å². The first-order valence-corrected chi connectivity index (χ1v) is 37.4. The van der Waals surface area contributed by atoms with E-state index in [0.29, 0.717) is 75.8 Å². The standard InChI is InChI=1S/C73H114Cl2N12O13/c1-14-46(2)62-69(97)81(9)44-59(90)79(7)45-60(91)83(11)54(40-48-27-18-15-19-28-48)67(95)80(8)43-57(88)76-52(33-32-49-39-51(74)61(75)56(41-49)100-72(4,5)6)66(94)87-38-26-31-53(87)65(93)78-73(34-22-23-35-73)71(99)85(13)63(50-29-20-16-21-30-50)70(98)84(12)55(68(96)86-36-24-17-25-37-86)42-58(89)82(10)47(3)64(92)77-62/h39,41,46-48,50,52-55,62-63H,14-38,40,42-45H2,1-13H3,(H,76,88)(H,77,92)(H,78,93)/t46-,47-,52-,53?,54-,55-,62-,63-/m0/s1. The molecular formula is C73H114Cl2N12O13. The normalized spacial score (nSPS) is 26.9. The van der Waals surface area contributed by atoms with Crippen LogP contribution in [0.15, 0.2) is 12.1 Å². The van der Waals surface area contributed by atoms with Gasteiger partial charge in [-0.1, -0.05) is 108 Å². The molecule has 3 N–H and O–H groups in total. The molecule has 6 fully saturated rings. The minimum Gasteiger partial charge on any atom is -0.487 e. The lowest BCUT2D eigenvalue weighted by Gasteiger charge is -2.43.